The molecule has 0 aliphatic heterocycles. The molecule has 0 fully saturated rings. The van der Waals surface area contributed by atoms with Gasteiger partial charge in [0.05, 0.1) is 11.9 Å². The van der Waals surface area contributed by atoms with Gasteiger partial charge in [0.25, 0.3) is 0 Å². The van der Waals surface area contributed by atoms with E-state index < -0.39 is 0 Å². The van der Waals surface area contributed by atoms with Gasteiger partial charge in [0.1, 0.15) is 0 Å². The molecular formula is C8H8N2OS2. The standard InChI is InChI=1S/C8H8N2OS2/c11-7-5-13-8(10-7)9-4-6-2-1-3-12-6/h1-3,5,11H,4H2,(H,9,10). The zero-order valence-electron chi connectivity index (χ0n) is 6.73. The first-order chi connectivity index (χ1) is 6.34. The van der Waals surface area contributed by atoms with Crippen LogP contribution in [0.15, 0.2) is 22.9 Å². The third-order valence-electron chi connectivity index (χ3n) is 1.49. The van der Waals surface area contributed by atoms with Gasteiger partial charge in [0.2, 0.25) is 5.88 Å². The number of aromatic nitrogens is 1. The van der Waals surface area contributed by atoms with E-state index in [1.807, 2.05) is 11.4 Å². The minimum Gasteiger partial charge on any atom is -0.493 e. The summed E-state index contributed by atoms with van der Waals surface area (Å²) < 4.78 is 0. The smallest absolute Gasteiger partial charge is 0.223 e. The minimum atomic E-state index is 0.0821. The molecule has 2 aromatic rings. The van der Waals surface area contributed by atoms with Crippen molar-refractivity contribution in [2.45, 2.75) is 6.54 Å². The van der Waals surface area contributed by atoms with Crippen LogP contribution in [0.3, 0.4) is 0 Å². The summed E-state index contributed by atoms with van der Waals surface area (Å²) in [5.74, 6) is 0.0821. The number of aromatic hydroxyl groups is 1. The first kappa shape index (κ1) is 8.52. The lowest BCUT2D eigenvalue weighted by atomic mass is 10.5. The Labute approximate surface area is 83.7 Å². The molecule has 0 atom stereocenters. The highest BCUT2D eigenvalue weighted by atomic mass is 32.1. The minimum absolute atomic E-state index is 0.0821. The number of rotatable bonds is 3. The Kier molecular flexibility index (Phi) is 2.47. The molecule has 2 aromatic heterocycles. The fourth-order valence-corrected chi connectivity index (χ4v) is 2.14. The molecule has 5 heteroatoms. The Morgan fingerprint density at radius 2 is 2.38 bits per heavy atom. The first-order valence-electron chi connectivity index (χ1n) is 3.75. The second kappa shape index (κ2) is 3.76. The van der Waals surface area contributed by atoms with Gasteiger partial charge in [-0.2, -0.15) is 4.98 Å². The Hall–Kier alpha value is -1.07. The van der Waals surface area contributed by atoms with Crippen LogP contribution in [0.5, 0.6) is 5.88 Å². The van der Waals surface area contributed by atoms with Crippen molar-refractivity contribution in [2.24, 2.45) is 0 Å². The molecule has 68 valence electrons. The van der Waals surface area contributed by atoms with Crippen LogP contribution in [0.25, 0.3) is 0 Å². The third kappa shape index (κ3) is 2.19. The SMILES string of the molecule is Oc1csc(NCc2cccs2)n1. The van der Waals surface area contributed by atoms with Crippen molar-refractivity contribution in [1.82, 2.24) is 4.98 Å². The number of hydrogen-bond acceptors (Lipinski definition) is 5. The van der Waals surface area contributed by atoms with E-state index in [1.165, 1.54) is 16.2 Å². The molecule has 13 heavy (non-hydrogen) atoms. The molecule has 0 amide bonds. The van der Waals surface area contributed by atoms with E-state index in [0.717, 1.165) is 11.7 Å². The van der Waals surface area contributed by atoms with Crippen LogP contribution < -0.4 is 5.32 Å². The predicted molar refractivity (Wildman–Crippen MR) is 55.4 cm³/mol. The topological polar surface area (TPSA) is 45.1 Å². The van der Waals surface area contributed by atoms with Crippen molar-refractivity contribution in [3.63, 3.8) is 0 Å². The molecule has 2 N–H and O–H groups in total. The summed E-state index contributed by atoms with van der Waals surface area (Å²) in [6.07, 6.45) is 0. The fraction of sp³-hybridized carbons (Fsp3) is 0.125. The Morgan fingerprint density at radius 1 is 1.46 bits per heavy atom. The van der Waals surface area contributed by atoms with Crippen molar-refractivity contribution in [2.75, 3.05) is 5.32 Å². The molecule has 0 spiro atoms. The van der Waals surface area contributed by atoms with Gasteiger partial charge in [0, 0.05) is 4.88 Å². The van der Waals surface area contributed by atoms with Crippen LogP contribution in [0.4, 0.5) is 5.13 Å². The van der Waals surface area contributed by atoms with Crippen LogP contribution in [0.2, 0.25) is 0 Å². The number of hydrogen-bond donors (Lipinski definition) is 2. The maximum Gasteiger partial charge on any atom is 0.223 e. The molecule has 0 unspecified atom stereocenters. The van der Waals surface area contributed by atoms with E-state index in [9.17, 15) is 0 Å². The summed E-state index contributed by atoms with van der Waals surface area (Å²) in [6.45, 7) is 0.768. The maximum absolute atomic E-state index is 8.97. The number of thiazole rings is 1. The second-order valence-corrected chi connectivity index (χ2v) is 4.33. The quantitative estimate of drug-likeness (QED) is 0.821. The molecule has 0 aliphatic rings. The number of nitrogens with zero attached hydrogens (tertiary/aromatic N) is 1. The highest BCUT2D eigenvalue weighted by Crippen LogP contribution is 2.20. The molecule has 0 bridgehead atoms. The van der Waals surface area contributed by atoms with Gasteiger partial charge >= 0.3 is 0 Å². The summed E-state index contributed by atoms with van der Waals surface area (Å²) in [6, 6.07) is 4.08. The van der Waals surface area contributed by atoms with E-state index in [0.29, 0.717) is 0 Å². The average molecular weight is 212 g/mol. The van der Waals surface area contributed by atoms with Gasteiger partial charge in [0.15, 0.2) is 5.13 Å². The van der Waals surface area contributed by atoms with Gasteiger partial charge in [-0.25, -0.2) is 0 Å². The largest absolute Gasteiger partial charge is 0.493 e. The molecule has 3 nitrogen and oxygen atoms in total. The molecule has 0 saturated heterocycles. The second-order valence-electron chi connectivity index (χ2n) is 2.44. The molecular weight excluding hydrogens is 204 g/mol. The van der Waals surface area contributed by atoms with Crippen LogP contribution in [0, 0.1) is 0 Å². The maximum atomic E-state index is 8.97. The van der Waals surface area contributed by atoms with Crippen molar-refractivity contribution in [1.29, 1.82) is 0 Å². The highest BCUT2D eigenvalue weighted by Gasteiger charge is 1.99. The van der Waals surface area contributed by atoms with E-state index >= 15 is 0 Å². The van der Waals surface area contributed by atoms with E-state index in [2.05, 4.69) is 16.4 Å². The van der Waals surface area contributed by atoms with Crippen molar-refractivity contribution >= 4 is 27.8 Å². The normalized spacial score (nSPS) is 10.2. The van der Waals surface area contributed by atoms with E-state index in [-0.39, 0.29) is 5.88 Å². The third-order valence-corrected chi connectivity index (χ3v) is 3.15. The van der Waals surface area contributed by atoms with Gasteiger partial charge in [-0.15, -0.1) is 22.7 Å². The predicted octanol–water partition coefficient (Wildman–Crippen LogP) is 2.52. The Bertz CT molecular complexity index is 369. The molecule has 0 aliphatic carbocycles. The van der Waals surface area contributed by atoms with E-state index in [4.69, 9.17) is 5.11 Å². The lowest BCUT2D eigenvalue weighted by molar-refractivity contribution is 0.458. The lowest BCUT2D eigenvalue weighted by Crippen LogP contribution is -1.95. The van der Waals surface area contributed by atoms with Gasteiger partial charge in [-0.3, -0.25) is 0 Å². The van der Waals surface area contributed by atoms with Crippen LogP contribution in [-0.2, 0) is 6.54 Å². The summed E-state index contributed by atoms with van der Waals surface area (Å²) in [7, 11) is 0. The molecule has 0 aromatic carbocycles. The highest BCUT2D eigenvalue weighted by molar-refractivity contribution is 7.14. The molecule has 0 radical (unpaired) electrons. The monoisotopic (exact) mass is 212 g/mol. The van der Waals surface area contributed by atoms with Gasteiger partial charge in [-0.1, -0.05) is 6.07 Å². The molecule has 0 saturated carbocycles. The summed E-state index contributed by atoms with van der Waals surface area (Å²) in [4.78, 5) is 5.14. The summed E-state index contributed by atoms with van der Waals surface area (Å²) >= 11 is 3.10. The van der Waals surface area contributed by atoms with Gasteiger partial charge < -0.3 is 10.4 Å². The van der Waals surface area contributed by atoms with Crippen LogP contribution in [0.1, 0.15) is 4.88 Å². The number of thiophene rings is 1. The molecule has 2 rings (SSSR count). The van der Waals surface area contributed by atoms with Crippen LogP contribution >= 0.6 is 22.7 Å². The van der Waals surface area contributed by atoms with Crippen molar-refractivity contribution < 1.29 is 5.11 Å². The van der Waals surface area contributed by atoms with Crippen LogP contribution in [-0.4, -0.2) is 10.1 Å². The zero-order chi connectivity index (χ0) is 9.10. The zero-order valence-corrected chi connectivity index (χ0v) is 8.36. The van der Waals surface area contributed by atoms with Crippen molar-refractivity contribution in [3.8, 4) is 5.88 Å². The first-order valence-corrected chi connectivity index (χ1v) is 5.51. The number of nitrogens with one attached hydrogen (secondary N) is 1. The average Bonchev–Trinajstić information content (AvgIpc) is 2.71. The lowest BCUT2D eigenvalue weighted by Gasteiger charge is -1.97. The number of anilines is 1. The summed E-state index contributed by atoms with van der Waals surface area (Å²) in [5.41, 5.74) is 0. The molecule has 2 heterocycles. The fourth-order valence-electron chi connectivity index (χ4n) is 0.922. The Balaban J connectivity index is 1.93. The van der Waals surface area contributed by atoms with E-state index in [1.54, 1.807) is 16.7 Å². The van der Waals surface area contributed by atoms with Crippen molar-refractivity contribution in [3.05, 3.63) is 27.8 Å². The summed E-state index contributed by atoms with van der Waals surface area (Å²) in [5, 5.41) is 16.5. The Morgan fingerprint density at radius 3 is 3.00 bits per heavy atom. The van der Waals surface area contributed by atoms with Gasteiger partial charge in [-0.05, 0) is 11.4 Å².